The summed E-state index contributed by atoms with van der Waals surface area (Å²) in [6.07, 6.45) is 0. The molecule has 1 aromatic carbocycles. The van der Waals surface area contributed by atoms with Gasteiger partial charge in [0.2, 0.25) is 10.0 Å². The third-order valence-electron chi connectivity index (χ3n) is 3.97. The van der Waals surface area contributed by atoms with Crippen molar-refractivity contribution < 1.29 is 23.1 Å². The molecule has 1 fully saturated rings. The van der Waals surface area contributed by atoms with Crippen LogP contribution in [0.15, 0.2) is 34.5 Å². The second-order valence-corrected chi connectivity index (χ2v) is 8.46. The van der Waals surface area contributed by atoms with Crippen molar-refractivity contribution in [2.24, 2.45) is 5.73 Å². The number of thiophene rings is 1. The monoisotopic (exact) mass is 397 g/mol. The quantitative estimate of drug-likeness (QED) is 0.652. The van der Waals surface area contributed by atoms with Gasteiger partial charge in [-0.1, -0.05) is 6.07 Å². The predicted molar refractivity (Wildman–Crippen MR) is 97.8 cm³/mol. The van der Waals surface area contributed by atoms with Gasteiger partial charge in [0.1, 0.15) is 15.5 Å². The number of sulfonamides is 1. The fourth-order valence-corrected chi connectivity index (χ4v) is 5.29. The first-order valence-corrected chi connectivity index (χ1v) is 10.2. The van der Waals surface area contributed by atoms with Gasteiger partial charge < -0.3 is 20.9 Å². The predicted octanol–water partition coefficient (Wildman–Crippen LogP) is 1.19. The highest BCUT2D eigenvalue weighted by atomic mass is 32.2. The fourth-order valence-electron chi connectivity index (χ4n) is 2.58. The summed E-state index contributed by atoms with van der Waals surface area (Å²) in [4.78, 5) is 12.6. The summed E-state index contributed by atoms with van der Waals surface area (Å²) in [5.41, 5.74) is 6.41. The Bertz CT molecular complexity index is 904. The Morgan fingerprint density at radius 2 is 2.04 bits per heavy atom. The van der Waals surface area contributed by atoms with E-state index in [1.807, 2.05) is 0 Å². The largest absolute Gasteiger partial charge is 0.506 e. The number of phenols is 1. The molecule has 0 radical (unpaired) electrons. The lowest BCUT2D eigenvalue weighted by Crippen LogP contribution is -2.41. The number of nitrogens with one attached hydrogen (secondary N) is 1. The van der Waals surface area contributed by atoms with E-state index in [-0.39, 0.29) is 40.8 Å². The number of morpholine rings is 1. The molecule has 1 saturated heterocycles. The molecule has 140 valence electrons. The van der Waals surface area contributed by atoms with Gasteiger partial charge in [-0.3, -0.25) is 4.79 Å². The van der Waals surface area contributed by atoms with Crippen LogP contribution in [0.2, 0.25) is 0 Å². The van der Waals surface area contributed by atoms with Gasteiger partial charge >= 0.3 is 0 Å². The van der Waals surface area contributed by atoms with E-state index < -0.39 is 15.9 Å². The number of carbonyl (C=O) groups is 1. The van der Waals surface area contributed by atoms with Crippen LogP contribution in [0, 0.1) is 0 Å². The molecule has 0 aliphatic carbocycles. The zero-order valence-electron chi connectivity index (χ0n) is 13.8. The average Bonchev–Trinajstić information content (AvgIpc) is 3.15. The molecule has 2 aromatic rings. The standard InChI is InChI=1S/C16H19N3O5S2/c17-10-11-1-2-12(13(20)9-11)18-16(21)15-14(3-8-25-15)26(22,23)19-4-6-24-7-5-19/h1-3,8-9,20H,4-7,10,17H2,(H,18,21). The summed E-state index contributed by atoms with van der Waals surface area (Å²) < 4.78 is 32.1. The van der Waals surface area contributed by atoms with Crippen LogP contribution < -0.4 is 11.1 Å². The minimum atomic E-state index is -3.78. The van der Waals surface area contributed by atoms with E-state index in [4.69, 9.17) is 10.5 Å². The maximum Gasteiger partial charge on any atom is 0.267 e. The second-order valence-electron chi connectivity index (χ2n) is 5.64. The van der Waals surface area contributed by atoms with Crippen molar-refractivity contribution in [1.29, 1.82) is 0 Å². The molecular formula is C16H19N3O5S2. The number of carbonyl (C=O) groups excluding carboxylic acids is 1. The number of anilines is 1. The number of nitrogens with two attached hydrogens (primary N) is 1. The molecule has 4 N–H and O–H groups in total. The maximum absolute atomic E-state index is 12.8. The molecule has 1 aliphatic rings. The maximum atomic E-state index is 12.8. The van der Waals surface area contributed by atoms with Crippen LogP contribution in [0.5, 0.6) is 5.75 Å². The summed E-state index contributed by atoms with van der Waals surface area (Å²) in [7, 11) is -3.78. The number of hydrogen-bond donors (Lipinski definition) is 3. The van der Waals surface area contributed by atoms with Crippen molar-refractivity contribution in [1.82, 2.24) is 4.31 Å². The zero-order chi connectivity index (χ0) is 18.7. The number of benzene rings is 1. The van der Waals surface area contributed by atoms with Crippen LogP contribution in [0.25, 0.3) is 0 Å². The summed E-state index contributed by atoms with van der Waals surface area (Å²) in [6, 6.07) is 6.07. The Balaban J connectivity index is 1.85. The van der Waals surface area contributed by atoms with Gasteiger partial charge in [-0.15, -0.1) is 11.3 Å². The van der Waals surface area contributed by atoms with Gasteiger partial charge in [0.05, 0.1) is 18.9 Å². The van der Waals surface area contributed by atoms with Gasteiger partial charge in [0, 0.05) is 19.6 Å². The van der Waals surface area contributed by atoms with E-state index >= 15 is 0 Å². The van der Waals surface area contributed by atoms with Crippen LogP contribution in [0.1, 0.15) is 15.2 Å². The molecule has 3 rings (SSSR count). The van der Waals surface area contributed by atoms with Crippen LogP contribution in [0.3, 0.4) is 0 Å². The Labute approximate surface area is 155 Å². The first kappa shape index (κ1) is 18.8. The molecule has 10 heteroatoms. The van der Waals surface area contributed by atoms with Gasteiger partial charge in [-0.25, -0.2) is 8.42 Å². The molecule has 0 saturated carbocycles. The number of hydrogen-bond acceptors (Lipinski definition) is 7. The highest BCUT2D eigenvalue weighted by molar-refractivity contribution is 7.89. The number of amides is 1. The molecule has 2 heterocycles. The summed E-state index contributed by atoms with van der Waals surface area (Å²) in [6.45, 7) is 1.41. The lowest BCUT2D eigenvalue weighted by Gasteiger charge is -2.26. The summed E-state index contributed by atoms with van der Waals surface area (Å²) in [5, 5.41) is 14.1. The van der Waals surface area contributed by atoms with E-state index in [1.54, 1.807) is 11.4 Å². The molecule has 0 spiro atoms. The van der Waals surface area contributed by atoms with Gasteiger partial charge in [0.25, 0.3) is 5.91 Å². The number of aromatic hydroxyl groups is 1. The SMILES string of the molecule is NCc1ccc(NC(=O)c2sccc2S(=O)(=O)N2CCOCC2)c(O)c1. The Morgan fingerprint density at radius 3 is 2.69 bits per heavy atom. The van der Waals surface area contributed by atoms with Gasteiger partial charge in [-0.2, -0.15) is 4.31 Å². The molecular weight excluding hydrogens is 378 g/mol. The lowest BCUT2D eigenvalue weighted by atomic mass is 10.2. The first-order chi connectivity index (χ1) is 12.4. The van der Waals surface area contributed by atoms with E-state index in [9.17, 15) is 18.3 Å². The smallest absolute Gasteiger partial charge is 0.267 e. The zero-order valence-corrected chi connectivity index (χ0v) is 15.5. The third-order valence-corrected chi connectivity index (χ3v) is 6.95. The molecule has 26 heavy (non-hydrogen) atoms. The van der Waals surface area contributed by atoms with Crippen LogP contribution >= 0.6 is 11.3 Å². The molecule has 1 aromatic heterocycles. The van der Waals surface area contributed by atoms with E-state index in [0.29, 0.717) is 18.8 Å². The highest BCUT2D eigenvalue weighted by Gasteiger charge is 2.31. The van der Waals surface area contributed by atoms with Crippen molar-refractivity contribution in [3.8, 4) is 5.75 Å². The van der Waals surface area contributed by atoms with Crippen molar-refractivity contribution in [2.45, 2.75) is 11.4 Å². The van der Waals surface area contributed by atoms with Crippen molar-refractivity contribution >= 4 is 33.0 Å². The molecule has 0 bridgehead atoms. The number of rotatable bonds is 5. The fraction of sp³-hybridized carbons (Fsp3) is 0.312. The molecule has 0 atom stereocenters. The highest BCUT2D eigenvalue weighted by Crippen LogP contribution is 2.29. The van der Waals surface area contributed by atoms with Gasteiger partial charge in [0.15, 0.2) is 0 Å². The average molecular weight is 397 g/mol. The molecule has 8 nitrogen and oxygen atoms in total. The number of phenolic OH excluding ortho intramolecular Hbond substituents is 1. The van der Waals surface area contributed by atoms with E-state index in [0.717, 1.165) is 11.3 Å². The van der Waals surface area contributed by atoms with E-state index in [2.05, 4.69) is 5.32 Å². The topological polar surface area (TPSA) is 122 Å². The van der Waals surface area contributed by atoms with Crippen molar-refractivity contribution in [3.63, 3.8) is 0 Å². The number of nitrogens with zero attached hydrogens (tertiary/aromatic N) is 1. The van der Waals surface area contributed by atoms with Crippen molar-refractivity contribution in [3.05, 3.63) is 40.1 Å². The number of ether oxygens (including phenoxy) is 1. The molecule has 1 amide bonds. The minimum absolute atomic E-state index is 0.0417. The van der Waals surface area contributed by atoms with Crippen LogP contribution in [-0.4, -0.2) is 50.0 Å². The van der Waals surface area contributed by atoms with Crippen LogP contribution in [0.4, 0.5) is 5.69 Å². The molecule has 1 aliphatic heterocycles. The lowest BCUT2D eigenvalue weighted by molar-refractivity contribution is 0.0730. The summed E-state index contributed by atoms with van der Waals surface area (Å²) >= 11 is 1.03. The minimum Gasteiger partial charge on any atom is -0.506 e. The Morgan fingerprint density at radius 1 is 1.31 bits per heavy atom. The van der Waals surface area contributed by atoms with E-state index in [1.165, 1.54) is 22.5 Å². The Kier molecular flexibility index (Phi) is 5.58. The Hall–Kier alpha value is -1.98. The van der Waals surface area contributed by atoms with Gasteiger partial charge in [-0.05, 0) is 29.1 Å². The second kappa shape index (κ2) is 7.72. The molecule has 0 unspecified atom stereocenters. The first-order valence-electron chi connectivity index (χ1n) is 7.92. The summed E-state index contributed by atoms with van der Waals surface area (Å²) in [5.74, 6) is -0.724. The normalized spacial score (nSPS) is 15.7. The third kappa shape index (κ3) is 3.74. The van der Waals surface area contributed by atoms with Crippen LogP contribution in [-0.2, 0) is 21.3 Å². The van der Waals surface area contributed by atoms with Crippen molar-refractivity contribution in [2.75, 3.05) is 31.6 Å².